The van der Waals surface area contributed by atoms with Gasteiger partial charge in [-0.05, 0) is 6.42 Å². The maximum atomic E-state index is 10.9. The minimum atomic E-state index is -2.35. The molecule has 0 aromatic carbocycles. The molecule has 9 heavy (non-hydrogen) atoms. The van der Waals surface area contributed by atoms with Gasteiger partial charge in [0.1, 0.15) is 8.77 Å². The average molecular weight is 168 g/mol. The molecule has 0 spiro atoms. The Kier molecular flexibility index (Phi) is 4.35. The van der Waals surface area contributed by atoms with Crippen molar-refractivity contribution in [3.05, 3.63) is 0 Å². The molecule has 0 N–H and O–H groups in total. The van der Waals surface area contributed by atoms with Crippen LogP contribution in [0.3, 0.4) is 0 Å². The number of hydrogen-bond acceptors (Lipinski definition) is 3. The molecular weight excluding hydrogens is 156 g/mol. The molecule has 0 aliphatic carbocycles. The van der Waals surface area contributed by atoms with E-state index in [4.69, 9.17) is 4.18 Å². The summed E-state index contributed by atoms with van der Waals surface area (Å²) in [6, 6.07) is 0. The highest BCUT2D eigenvalue weighted by Gasteiger charge is 1.99. The predicted molar refractivity (Wildman–Crippen MR) is 42.3 cm³/mol. The smallest absolute Gasteiger partial charge is 0.143 e. The summed E-state index contributed by atoms with van der Waals surface area (Å²) in [5, 5.41) is 0. The zero-order valence-corrected chi connectivity index (χ0v) is 7.39. The lowest BCUT2D eigenvalue weighted by molar-refractivity contribution is 0.346. The van der Waals surface area contributed by atoms with Gasteiger partial charge in [0.05, 0.1) is 6.61 Å². The van der Waals surface area contributed by atoms with Gasteiger partial charge in [0.25, 0.3) is 0 Å². The normalized spacial score (nSPS) is 17.1. The molecule has 2 nitrogen and oxygen atoms in total. The molecule has 0 aromatic heterocycles. The minimum Gasteiger partial charge on any atom is -0.290 e. The van der Waals surface area contributed by atoms with Gasteiger partial charge in [0, 0.05) is 16.9 Å². The number of rotatable bonds is 4. The summed E-state index contributed by atoms with van der Waals surface area (Å²) in [6.45, 7) is 4.24. The molecule has 1 atom stereocenters. The van der Waals surface area contributed by atoms with Gasteiger partial charge in [-0.3, -0.25) is 4.18 Å². The molecular formula is C5H12O2S2. The van der Waals surface area contributed by atoms with Gasteiger partial charge in [-0.15, -0.1) is 0 Å². The lowest BCUT2D eigenvalue weighted by Gasteiger charge is -2.01. The summed E-state index contributed by atoms with van der Waals surface area (Å²) in [6.07, 6.45) is 0.869. The zero-order valence-electron chi connectivity index (χ0n) is 5.75. The molecule has 0 bridgehead atoms. The third-order valence-corrected chi connectivity index (χ3v) is 3.05. The van der Waals surface area contributed by atoms with Crippen molar-refractivity contribution in [2.45, 2.75) is 20.3 Å². The molecule has 56 valence electrons. The van der Waals surface area contributed by atoms with E-state index in [-0.39, 0.29) is 0 Å². The van der Waals surface area contributed by atoms with Crippen molar-refractivity contribution in [1.29, 1.82) is 0 Å². The van der Waals surface area contributed by atoms with E-state index in [0.717, 1.165) is 6.42 Å². The van der Waals surface area contributed by atoms with E-state index in [1.807, 2.05) is 6.92 Å². The van der Waals surface area contributed by atoms with Gasteiger partial charge in [-0.1, -0.05) is 13.8 Å². The van der Waals surface area contributed by atoms with Crippen LogP contribution in [0.2, 0.25) is 0 Å². The molecule has 0 aliphatic rings. The Morgan fingerprint density at radius 3 is 2.44 bits per heavy atom. The molecule has 0 aliphatic heterocycles. The maximum absolute atomic E-state index is 10.9. The van der Waals surface area contributed by atoms with Crippen LogP contribution in [0.15, 0.2) is 0 Å². The van der Waals surface area contributed by atoms with E-state index in [9.17, 15) is 4.21 Å². The molecule has 4 heteroatoms. The molecule has 0 saturated heterocycles. The first-order valence-corrected chi connectivity index (χ1v) is 5.57. The highest BCUT2D eigenvalue weighted by atomic mass is 32.8. The largest absolute Gasteiger partial charge is 0.290 e. The lowest BCUT2D eigenvalue weighted by Crippen LogP contribution is -2.06. The average Bonchev–Trinajstić information content (AvgIpc) is 1.84. The summed E-state index contributed by atoms with van der Waals surface area (Å²) in [4.78, 5) is 0. The highest BCUT2D eigenvalue weighted by molar-refractivity contribution is 8.30. The summed E-state index contributed by atoms with van der Waals surface area (Å²) in [5.41, 5.74) is 0. The standard InChI is InChI=1S/C5H12O2S2/c1-3-5-7-9(6,8)4-2/h3-5H2,1-2H3. The fourth-order valence-electron chi connectivity index (χ4n) is 0.294. The van der Waals surface area contributed by atoms with Crippen molar-refractivity contribution < 1.29 is 8.39 Å². The van der Waals surface area contributed by atoms with Gasteiger partial charge in [-0.2, -0.15) is 0 Å². The summed E-state index contributed by atoms with van der Waals surface area (Å²) >= 11 is 4.62. The van der Waals surface area contributed by atoms with Crippen LogP contribution >= 0.6 is 0 Å². The summed E-state index contributed by atoms with van der Waals surface area (Å²) in [7, 11) is -2.35. The van der Waals surface area contributed by atoms with Gasteiger partial charge < -0.3 is 0 Å². The van der Waals surface area contributed by atoms with Gasteiger partial charge in [0.15, 0.2) is 0 Å². The maximum Gasteiger partial charge on any atom is 0.143 e. The monoisotopic (exact) mass is 168 g/mol. The Hall–Kier alpha value is 0.330. The lowest BCUT2D eigenvalue weighted by atomic mass is 10.5. The molecule has 0 amide bonds. The van der Waals surface area contributed by atoms with Crippen molar-refractivity contribution in [2.24, 2.45) is 0 Å². The van der Waals surface area contributed by atoms with Crippen LogP contribution in [0.5, 0.6) is 0 Å². The van der Waals surface area contributed by atoms with E-state index >= 15 is 0 Å². The van der Waals surface area contributed by atoms with Crippen LogP contribution in [0.25, 0.3) is 0 Å². The van der Waals surface area contributed by atoms with E-state index in [0.29, 0.717) is 12.4 Å². The Morgan fingerprint density at radius 2 is 2.11 bits per heavy atom. The van der Waals surface area contributed by atoms with Crippen LogP contribution in [-0.4, -0.2) is 16.6 Å². The van der Waals surface area contributed by atoms with Crippen LogP contribution in [0.4, 0.5) is 0 Å². The second-order valence-electron chi connectivity index (χ2n) is 1.67. The Bertz CT molecular complexity index is 148. The fourth-order valence-corrected chi connectivity index (χ4v) is 1.09. The zero-order chi connectivity index (χ0) is 7.33. The van der Waals surface area contributed by atoms with Gasteiger partial charge >= 0.3 is 0 Å². The first-order chi connectivity index (χ1) is 4.12. The SMILES string of the molecule is CCCOS(=O)(=S)CC. The van der Waals surface area contributed by atoms with E-state index in [1.54, 1.807) is 6.92 Å². The molecule has 0 rings (SSSR count). The molecule has 0 aromatic rings. The Balaban J connectivity index is 3.61. The van der Waals surface area contributed by atoms with E-state index in [2.05, 4.69) is 11.2 Å². The second kappa shape index (κ2) is 4.19. The second-order valence-corrected chi connectivity index (χ2v) is 5.12. The van der Waals surface area contributed by atoms with Crippen molar-refractivity contribution >= 4 is 20.0 Å². The first kappa shape index (κ1) is 9.33. The summed E-state index contributed by atoms with van der Waals surface area (Å²) < 4.78 is 15.8. The van der Waals surface area contributed by atoms with Gasteiger partial charge in [-0.25, -0.2) is 4.21 Å². The van der Waals surface area contributed by atoms with Crippen molar-refractivity contribution in [1.82, 2.24) is 0 Å². The molecule has 0 saturated carbocycles. The predicted octanol–water partition coefficient (Wildman–Crippen LogP) is 1.09. The topological polar surface area (TPSA) is 26.3 Å². The summed E-state index contributed by atoms with van der Waals surface area (Å²) in [5.74, 6) is 0.433. The molecule has 0 fully saturated rings. The highest BCUT2D eigenvalue weighted by Crippen LogP contribution is 1.93. The molecule has 1 unspecified atom stereocenters. The Morgan fingerprint density at radius 1 is 1.56 bits per heavy atom. The third kappa shape index (κ3) is 4.81. The van der Waals surface area contributed by atoms with E-state index in [1.165, 1.54) is 0 Å². The van der Waals surface area contributed by atoms with Crippen LogP contribution in [0, 0.1) is 0 Å². The fraction of sp³-hybridized carbons (Fsp3) is 1.00. The first-order valence-electron chi connectivity index (χ1n) is 2.99. The van der Waals surface area contributed by atoms with E-state index < -0.39 is 8.77 Å². The molecule has 0 heterocycles. The van der Waals surface area contributed by atoms with Crippen LogP contribution < -0.4 is 0 Å². The van der Waals surface area contributed by atoms with Gasteiger partial charge in [0.2, 0.25) is 0 Å². The third-order valence-electron chi connectivity index (χ3n) is 0.821. The Labute approximate surface area is 61.5 Å². The molecule has 0 radical (unpaired) electrons. The van der Waals surface area contributed by atoms with Crippen molar-refractivity contribution in [3.63, 3.8) is 0 Å². The minimum absolute atomic E-state index is 0.433. The van der Waals surface area contributed by atoms with Crippen LogP contribution in [0.1, 0.15) is 20.3 Å². The van der Waals surface area contributed by atoms with Crippen molar-refractivity contribution in [3.8, 4) is 0 Å². The van der Waals surface area contributed by atoms with Crippen LogP contribution in [-0.2, 0) is 24.1 Å². The quantitative estimate of drug-likeness (QED) is 0.628. The van der Waals surface area contributed by atoms with Crippen molar-refractivity contribution in [2.75, 3.05) is 12.4 Å². The number of hydrogen-bond donors (Lipinski definition) is 0.